The second kappa shape index (κ2) is 3.87. The first-order valence-electron chi connectivity index (χ1n) is 4.06. The topological polar surface area (TPSA) is 88.2 Å². The minimum atomic E-state index is -4.72. The van der Waals surface area contributed by atoms with Crippen LogP contribution >= 0.6 is 0 Å². The summed E-state index contributed by atoms with van der Waals surface area (Å²) in [5.41, 5.74) is 3.07. The van der Waals surface area contributed by atoms with Gasteiger partial charge in [0.2, 0.25) is 0 Å². The molecule has 0 saturated carbocycles. The molecule has 16 heavy (non-hydrogen) atoms. The summed E-state index contributed by atoms with van der Waals surface area (Å²) >= 11 is 0. The number of aromatic nitrogens is 1. The Labute approximate surface area is 88.1 Å². The Morgan fingerprint density at radius 1 is 1.56 bits per heavy atom. The molecule has 0 amide bonds. The summed E-state index contributed by atoms with van der Waals surface area (Å²) in [7, 11) is 1.30. The fourth-order valence-electron chi connectivity index (χ4n) is 1.07. The van der Waals surface area contributed by atoms with Crippen molar-refractivity contribution in [1.82, 2.24) is 4.98 Å². The average molecular weight is 235 g/mol. The van der Waals surface area contributed by atoms with Gasteiger partial charge >= 0.3 is 12.1 Å². The van der Waals surface area contributed by atoms with Crippen LogP contribution in [0.5, 0.6) is 0 Å². The highest BCUT2D eigenvalue weighted by Crippen LogP contribution is 2.32. The molecule has 1 heterocycles. The van der Waals surface area contributed by atoms with E-state index in [9.17, 15) is 18.0 Å². The summed E-state index contributed by atoms with van der Waals surface area (Å²) in [5.74, 6) is -1.85. The standard InChI is InChI=1S/C8H8F3N3O2/c1-13-6-5(12)3(7(15)16)2-4(14-6)8(9,10)11/h2H,12H2,1H3,(H,13,14)(H,15,16). The molecule has 0 bridgehead atoms. The maximum Gasteiger partial charge on any atom is 0.433 e. The van der Waals surface area contributed by atoms with Crippen molar-refractivity contribution in [2.24, 2.45) is 0 Å². The molecule has 0 radical (unpaired) electrons. The summed E-state index contributed by atoms with van der Waals surface area (Å²) < 4.78 is 37.1. The fourth-order valence-corrected chi connectivity index (χ4v) is 1.07. The first-order valence-corrected chi connectivity index (χ1v) is 4.06. The summed E-state index contributed by atoms with van der Waals surface area (Å²) in [5, 5.41) is 11.0. The van der Waals surface area contributed by atoms with E-state index in [4.69, 9.17) is 10.8 Å². The molecule has 8 heteroatoms. The number of nitrogen functional groups attached to an aromatic ring is 1. The van der Waals surface area contributed by atoms with Crippen LogP contribution in [-0.2, 0) is 6.18 Å². The lowest BCUT2D eigenvalue weighted by molar-refractivity contribution is -0.141. The summed E-state index contributed by atoms with van der Waals surface area (Å²) in [6.07, 6.45) is -4.72. The number of nitrogens with zero attached hydrogens (tertiary/aromatic N) is 1. The molecular weight excluding hydrogens is 227 g/mol. The van der Waals surface area contributed by atoms with Crippen LogP contribution < -0.4 is 11.1 Å². The van der Waals surface area contributed by atoms with Crippen molar-refractivity contribution in [2.45, 2.75) is 6.18 Å². The Hall–Kier alpha value is -1.99. The molecule has 1 aromatic rings. The fraction of sp³-hybridized carbons (Fsp3) is 0.250. The minimum Gasteiger partial charge on any atom is -0.478 e. The first-order chi connectivity index (χ1) is 7.27. The molecule has 1 rings (SSSR count). The number of anilines is 2. The van der Waals surface area contributed by atoms with E-state index in [1.807, 2.05) is 0 Å². The van der Waals surface area contributed by atoms with Crippen LogP contribution in [0.25, 0.3) is 0 Å². The number of pyridine rings is 1. The van der Waals surface area contributed by atoms with Gasteiger partial charge in [0.1, 0.15) is 5.69 Å². The smallest absolute Gasteiger partial charge is 0.433 e. The number of aromatic carboxylic acids is 1. The summed E-state index contributed by atoms with van der Waals surface area (Å²) in [6.45, 7) is 0. The quantitative estimate of drug-likeness (QED) is 0.721. The first kappa shape index (κ1) is 12.1. The van der Waals surface area contributed by atoms with Crippen molar-refractivity contribution in [3.8, 4) is 0 Å². The third-order valence-electron chi connectivity index (χ3n) is 1.82. The van der Waals surface area contributed by atoms with E-state index in [0.29, 0.717) is 6.07 Å². The van der Waals surface area contributed by atoms with Crippen molar-refractivity contribution in [3.63, 3.8) is 0 Å². The van der Waals surface area contributed by atoms with Gasteiger partial charge in [-0.2, -0.15) is 13.2 Å². The number of carboxylic acids is 1. The van der Waals surface area contributed by atoms with E-state index in [2.05, 4.69) is 10.3 Å². The summed E-state index contributed by atoms with van der Waals surface area (Å²) in [4.78, 5) is 13.8. The highest BCUT2D eigenvalue weighted by Gasteiger charge is 2.34. The van der Waals surface area contributed by atoms with Gasteiger partial charge in [-0.3, -0.25) is 0 Å². The lowest BCUT2D eigenvalue weighted by atomic mass is 10.1. The Morgan fingerprint density at radius 3 is 2.50 bits per heavy atom. The maximum absolute atomic E-state index is 12.4. The molecule has 0 aliphatic heterocycles. The van der Waals surface area contributed by atoms with Gasteiger partial charge in [-0.15, -0.1) is 0 Å². The molecule has 4 N–H and O–H groups in total. The van der Waals surface area contributed by atoms with Crippen molar-refractivity contribution < 1.29 is 23.1 Å². The van der Waals surface area contributed by atoms with Crippen LogP contribution in [0.3, 0.4) is 0 Å². The zero-order valence-electron chi connectivity index (χ0n) is 8.09. The van der Waals surface area contributed by atoms with Gasteiger partial charge < -0.3 is 16.2 Å². The van der Waals surface area contributed by atoms with Crippen molar-refractivity contribution >= 4 is 17.5 Å². The Morgan fingerprint density at radius 2 is 2.12 bits per heavy atom. The highest BCUT2D eigenvalue weighted by atomic mass is 19.4. The van der Waals surface area contributed by atoms with Gasteiger partial charge in [0.05, 0.1) is 11.3 Å². The number of carboxylic acid groups (broad SMARTS) is 1. The van der Waals surface area contributed by atoms with Crippen LogP contribution in [0.4, 0.5) is 24.7 Å². The Bertz CT molecular complexity index is 431. The van der Waals surface area contributed by atoms with E-state index in [1.165, 1.54) is 7.05 Å². The van der Waals surface area contributed by atoms with Crippen LogP contribution in [0, 0.1) is 0 Å². The second-order valence-corrected chi connectivity index (χ2v) is 2.87. The molecule has 88 valence electrons. The molecule has 0 aliphatic carbocycles. The highest BCUT2D eigenvalue weighted by molar-refractivity contribution is 5.96. The number of rotatable bonds is 2. The van der Waals surface area contributed by atoms with Gasteiger partial charge in [0.15, 0.2) is 5.82 Å². The number of hydrogen-bond donors (Lipinski definition) is 3. The molecule has 0 atom stereocenters. The van der Waals surface area contributed by atoms with E-state index >= 15 is 0 Å². The largest absolute Gasteiger partial charge is 0.478 e. The van der Waals surface area contributed by atoms with Crippen molar-refractivity contribution in [3.05, 3.63) is 17.3 Å². The number of alkyl halides is 3. The Kier molecular flexibility index (Phi) is 2.92. The molecule has 0 unspecified atom stereocenters. The monoisotopic (exact) mass is 235 g/mol. The normalized spacial score (nSPS) is 11.2. The van der Waals surface area contributed by atoms with Crippen LogP contribution in [-0.4, -0.2) is 23.1 Å². The molecule has 1 aromatic heterocycles. The number of nitrogens with two attached hydrogens (primary N) is 1. The van der Waals surface area contributed by atoms with Gasteiger partial charge in [0, 0.05) is 7.05 Å². The van der Waals surface area contributed by atoms with Crippen molar-refractivity contribution in [1.29, 1.82) is 0 Å². The van der Waals surface area contributed by atoms with E-state index in [1.54, 1.807) is 0 Å². The lowest BCUT2D eigenvalue weighted by Crippen LogP contribution is -2.15. The maximum atomic E-state index is 12.4. The average Bonchev–Trinajstić information content (AvgIpc) is 2.15. The number of carbonyl (C=O) groups is 1. The van der Waals surface area contributed by atoms with E-state index < -0.39 is 23.4 Å². The van der Waals surface area contributed by atoms with Crippen LogP contribution in [0.2, 0.25) is 0 Å². The van der Waals surface area contributed by atoms with E-state index in [-0.39, 0.29) is 11.5 Å². The van der Waals surface area contributed by atoms with Gasteiger partial charge in [-0.1, -0.05) is 0 Å². The predicted octanol–water partition coefficient (Wildman–Crippen LogP) is 1.42. The van der Waals surface area contributed by atoms with Gasteiger partial charge in [-0.05, 0) is 6.07 Å². The van der Waals surface area contributed by atoms with Crippen molar-refractivity contribution in [2.75, 3.05) is 18.1 Å². The molecule has 0 aromatic carbocycles. The third kappa shape index (κ3) is 2.15. The number of hydrogen-bond acceptors (Lipinski definition) is 4. The Balaban J connectivity index is 3.46. The molecule has 0 aliphatic rings. The second-order valence-electron chi connectivity index (χ2n) is 2.87. The summed E-state index contributed by atoms with van der Waals surface area (Å²) in [6, 6.07) is 0.401. The SMILES string of the molecule is CNc1nc(C(F)(F)F)cc(C(=O)O)c1N. The minimum absolute atomic E-state index is 0.313. The number of nitrogens with one attached hydrogen (secondary N) is 1. The predicted molar refractivity (Wildman–Crippen MR) is 50.2 cm³/mol. The lowest BCUT2D eigenvalue weighted by Gasteiger charge is -2.12. The number of halogens is 3. The van der Waals surface area contributed by atoms with Crippen LogP contribution in [0.15, 0.2) is 6.07 Å². The molecule has 5 nitrogen and oxygen atoms in total. The zero-order valence-corrected chi connectivity index (χ0v) is 8.09. The van der Waals surface area contributed by atoms with Crippen LogP contribution in [0.1, 0.15) is 16.1 Å². The van der Waals surface area contributed by atoms with Gasteiger partial charge in [0.25, 0.3) is 0 Å². The molecule has 0 spiro atoms. The molecule has 0 saturated heterocycles. The van der Waals surface area contributed by atoms with Gasteiger partial charge in [-0.25, -0.2) is 9.78 Å². The molecular formula is C8H8F3N3O2. The molecule has 0 fully saturated rings. The zero-order chi connectivity index (χ0) is 12.5. The van der Waals surface area contributed by atoms with E-state index in [0.717, 1.165) is 0 Å². The third-order valence-corrected chi connectivity index (χ3v) is 1.82.